The summed E-state index contributed by atoms with van der Waals surface area (Å²) in [4.78, 5) is 17.8. The number of hydrogen-bond donors (Lipinski definition) is 2. The van der Waals surface area contributed by atoms with Crippen LogP contribution in [-0.2, 0) is 5.75 Å². The number of hydrogen-bond acceptors (Lipinski definition) is 5. The number of rotatable bonds is 8. The molecule has 0 atom stereocenters. The molecular weight excluding hydrogens is 338 g/mol. The van der Waals surface area contributed by atoms with Gasteiger partial charge in [0.1, 0.15) is 0 Å². The van der Waals surface area contributed by atoms with E-state index in [2.05, 4.69) is 15.7 Å². The summed E-state index contributed by atoms with van der Waals surface area (Å²) in [7, 11) is 0. The van der Waals surface area contributed by atoms with E-state index >= 15 is 0 Å². The SMILES string of the molecule is CCC(N)(CC)CNC(=O)c1ccc(SCc2csc(C)n2)cc1. The Labute approximate surface area is 152 Å². The van der Waals surface area contributed by atoms with Crippen molar-refractivity contribution in [1.82, 2.24) is 10.3 Å². The first kappa shape index (κ1) is 19.0. The molecule has 0 spiro atoms. The molecule has 1 aromatic carbocycles. The van der Waals surface area contributed by atoms with Crippen molar-refractivity contribution in [3.63, 3.8) is 0 Å². The van der Waals surface area contributed by atoms with Crippen LogP contribution < -0.4 is 11.1 Å². The van der Waals surface area contributed by atoms with E-state index in [-0.39, 0.29) is 11.4 Å². The fourth-order valence-corrected chi connectivity index (χ4v) is 3.70. The summed E-state index contributed by atoms with van der Waals surface area (Å²) in [6.07, 6.45) is 1.69. The Morgan fingerprint density at radius 3 is 2.50 bits per heavy atom. The minimum absolute atomic E-state index is 0.0709. The van der Waals surface area contributed by atoms with Gasteiger partial charge in [-0.3, -0.25) is 4.79 Å². The predicted molar refractivity (Wildman–Crippen MR) is 103 cm³/mol. The van der Waals surface area contributed by atoms with Crippen molar-refractivity contribution in [2.45, 2.75) is 49.8 Å². The third-order valence-corrected chi connectivity index (χ3v) is 6.05. The zero-order valence-electron chi connectivity index (χ0n) is 14.5. The molecule has 3 N–H and O–H groups in total. The molecule has 0 aliphatic heterocycles. The highest BCUT2D eigenvalue weighted by molar-refractivity contribution is 7.98. The lowest BCUT2D eigenvalue weighted by Crippen LogP contribution is -2.49. The second-order valence-corrected chi connectivity index (χ2v) is 8.03. The van der Waals surface area contributed by atoms with Gasteiger partial charge in [0.25, 0.3) is 5.91 Å². The van der Waals surface area contributed by atoms with Crippen LogP contribution in [0, 0.1) is 6.92 Å². The lowest BCUT2D eigenvalue weighted by Gasteiger charge is -2.26. The van der Waals surface area contributed by atoms with Gasteiger partial charge < -0.3 is 11.1 Å². The third-order valence-electron chi connectivity index (χ3n) is 4.18. The van der Waals surface area contributed by atoms with Gasteiger partial charge >= 0.3 is 0 Å². The number of aromatic nitrogens is 1. The molecule has 0 saturated heterocycles. The van der Waals surface area contributed by atoms with Crippen molar-refractivity contribution >= 4 is 29.0 Å². The summed E-state index contributed by atoms with van der Waals surface area (Å²) in [5, 5.41) is 6.12. The van der Waals surface area contributed by atoms with E-state index in [1.807, 2.05) is 45.0 Å². The molecule has 0 radical (unpaired) electrons. The van der Waals surface area contributed by atoms with Gasteiger partial charge in [-0.15, -0.1) is 23.1 Å². The topological polar surface area (TPSA) is 68.0 Å². The highest BCUT2D eigenvalue weighted by atomic mass is 32.2. The predicted octanol–water partition coefficient (Wildman–Crippen LogP) is 3.99. The fraction of sp³-hybridized carbons (Fsp3) is 0.444. The quantitative estimate of drug-likeness (QED) is 0.696. The number of aryl methyl sites for hydroxylation is 1. The van der Waals surface area contributed by atoms with E-state index in [0.29, 0.717) is 12.1 Å². The normalized spacial score (nSPS) is 11.5. The van der Waals surface area contributed by atoms with Crippen LogP contribution in [0.25, 0.3) is 0 Å². The number of thioether (sulfide) groups is 1. The van der Waals surface area contributed by atoms with Crippen molar-refractivity contribution in [1.29, 1.82) is 0 Å². The smallest absolute Gasteiger partial charge is 0.251 e. The molecule has 2 rings (SSSR count). The third kappa shape index (κ3) is 5.33. The molecule has 4 nitrogen and oxygen atoms in total. The van der Waals surface area contributed by atoms with Crippen LogP contribution in [0.4, 0.5) is 0 Å². The zero-order chi connectivity index (χ0) is 17.6. The van der Waals surface area contributed by atoms with Gasteiger partial charge in [-0.05, 0) is 44.0 Å². The lowest BCUT2D eigenvalue weighted by atomic mass is 9.94. The van der Waals surface area contributed by atoms with Gasteiger partial charge in [0, 0.05) is 33.7 Å². The molecule has 2 aromatic rings. The molecule has 0 bridgehead atoms. The summed E-state index contributed by atoms with van der Waals surface area (Å²) in [5.74, 6) is 0.775. The maximum absolute atomic E-state index is 12.2. The molecule has 0 fully saturated rings. The highest BCUT2D eigenvalue weighted by Crippen LogP contribution is 2.24. The van der Waals surface area contributed by atoms with E-state index in [9.17, 15) is 4.79 Å². The molecule has 6 heteroatoms. The van der Waals surface area contributed by atoms with E-state index < -0.39 is 0 Å². The Balaban J connectivity index is 1.87. The fourth-order valence-electron chi connectivity index (χ4n) is 2.19. The number of nitrogens with zero attached hydrogens (tertiary/aromatic N) is 1. The molecule has 130 valence electrons. The molecule has 0 unspecified atom stereocenters. The van der Waals surface area contributed by atoms with Gasteiger partial charge in [-0.1, -0.05) is 13.8 Å². The number of nitrogens with two attached hydrogens (primary N) is 1. The minimum Gasteiger partial charge on any atom is -0.350 e. The van der Waals surface area contributed by atoms with Crippen LogP contribution in [-0.4, -0.2) is 23.0 Å². The Bertz CT molecular complexity index is 663. The van der Waals surface area contributed by atoms with Crippen molar-refractivity contribution in [2.24, 2.45) is 5.73 Å². The van der Waals surface area contributed by atoms with Gasteiger partial charge in [-0.25, -0.2) is 4.98 Å². The second kappa shape index (κ2) is 8.65. The molecule has 0 saturated carbocycles. The molecule has 1 heterocycles. The van der Waals surface area contributed by atoms with Gasteiger partial charge in [-0.2, -0.15) is 0 Å². The first-order valence-corrected chi connectivity index (χ1v) is 10.0. The van der Waals surface area contributed by atoms with E-state index in [1.165, 1.54) is 0 Å². The lowest BCUT2D eigenvalue weighted by molar-refractivity contribution is 0.0942. The van der Waals surface area contributed by atoms with Gasteiger partial charge in [0.05, 0.1) is 10.7 Å². The molecule has 0 aliphatic rings. The Hall–Kier alpha value is -1.37. The number of thiazole rings is 1. The number of benzene rings is 1. The second-order valence-electron chi connectivity index (χ2n) is 5.92. The van der Waals surface area contributed by atoms with Crippen LogP contribution in [0.3, 0.4) is 0 Å². The number of nitrogens with one attached hydrogen (secondary N) is 1. The maximum atomic E-state index is 12.2. The molecule has 1 aromatic heterocycles. The molecule has 24 heavy (non-hydrogen) atoms. The van der Waals surface area contributed by atoms with E-state index in [0.717, 1.165) is 34.2 Å². The van der Waals surface area contributed by atoms with Crippen molar-refractivity contribution < 1.29 is 4.79 Å². The Morgan fingerprint density at radius 2 is 1.96 bits per heavy atom. The number of carbonyl (C=O) groups is 1. The summed E-state index contributed by atoms with van der Waals surface area (Å²) >= 11 is 3.39. The zero-order valence-corrected chi connectivity index (χ0v) is 16.1. The number of carbonyl (C=O) groups excluding carboxylic acids is 1. The van der Waals surface area contributed by atoms with E-state index in [1.54, 1.807) is 23.1 Å². The minimum atomic E-state index is -0.322. The monoisotopic (exact) mass is 363 g/mol. The van der Waals surface area contributed by atoms with Crippen LogP contribution in [0.15, 0.2) is 34.5 Å². The molecule has 0 aliphatic carbocycles. The standard InChI is InChI=1S/C18H25N3OS2/c1-4-18(19,5-2)12-20-17(22)14-6-8-16(9-7-14)24-11-15-10-23-13(3)21-15/h6-10H,4-5,11-12,19H2,1-3H3,(H,20,22). The van der Waals surface area contributed by atoms with Crippen LogP contribution in [0.5, 0.6) is 0 Å². The Kier molecular flexibility index (Phi) is 6.83. The summed E-state index contributed by atoms with van der Waals surface area (Å²) in [6.45, 7) is 6.61. The first-order chi connectivity index (χ1) is 11.5. The first-order valence-electron chi connectivity index (χ1n) is 8.16. The largest absolute Gasteiger partial charge is 0.350 e. The molecule has 1 amide bonds. The molecular formula is C18H25N3OS2. The summed E-state index contributed by atoms with van der Waals surface area (Å²) in [6, 6.07) is 7.68. The van der Waals surface area contributed by atoms with E-state index in [4.69, 9.17) is 5.73 Å². The van der Waals surface area contributed by atoms with Gasteiger partial charge in [0.2, 0.25) is 0 Å². The van der Waals surface area contributed by atoms with Crippen LogP contribution in [0.2, 0.25) is 0 Å². The summed E-state index contributed by atoms with van der Waals surface area (Å²) < 4.78 is 0. The van der Waals surface area contributed by atoms with Gasteiger partial charge in [0.15, 0.2) is 0 Å². The average Bonchev–Trinajstić information content (AvgIpc) is 3.03. The number of amides is 1. The highest BCUT2D eigenvalue weighted by Gasteiger charge is 2.21. The average molecular weight is 364 g/mol. The van der Waals surface area contributed by atoms with Crippen molar-refractivity contribution in [3.8, 4) is 0 Å². The summed E-state index contributed by atoms with van der Waals surface area (Å²) in [5.41, 5.74) is 7.66. The van der Waals surface area contributed by atoms with Crippen LogP contribution in [0.1, 0.15) is 47.7 Å². The van der Waals surface area contributed by atoms with Crippen molar-refractivity contribution in [3.05, 3.63) is 45.9 Å². The van der Waals surface area contributed by atoms with Crippen LogP contribution >= 0.6 is 23.1 Å². The van der Waals surface area contributed by atoms with Crippen molar-refractivity contribution in [2.75, 3.05) is 6.54 Å². The Morgan fingerprint density at radius 1 is 1.29 bits per heavy atom. The maximum Gasteiger partial charge on any atom is 0.251 e.